The molecular weight excluding hydrogens is 406 g/mol. The Balaban J connectivity index is 1.79. The average Bonchev–Trinajstić information content (AvgIpc) is 3.21. The predicted octanol–water partition coefficient (Wildman–Crippen LogP) is 3.14. The van der Waals surface area contributed by atoms with E-state index < -0.39 is 15.9 Å². The Hall–Kier alpha value is -3.59. The maximum atomic E-state index is 12.8. The molecule has 3 N–H and O–H groups in total. The SMILES string of the molecule is Cc1c(NS(C)(=O)=O)cccc1C(=O)Nc1ccccc1C(=O)NCc1ccco1. The van der Waals surface area contributed by atoms with Crippen LogP contribution >= 0.6 is 0 Å². The zero-order valence-electron chi connectivity index (χ0n) is 16.4. The number of hydrogen-bond acceptors (Lipinski definition) is 5. The molecule has 0 bridgehead atoms. The van der Waals surface area contributed by atoms with Gasteiger partial charge >= 0.3 is 0 Å². The zero-order chi connectivity index (χ0) is 21.7. The highest BCUT2D eigenvalue weighted by Gasteiger charge is 2.17. The van der Waals surface area contributed by atoms with Gasteiger partial charge in [0.1, 0.15) is 5.76 Å². The number of carbonyl (C=O) groups is 2. The van der Waals surface area contributed by atoms with Crippen molar-refractivity contribution in [3.05, 3.63) is 83.3 Å². The second kappa shape index (κ2) is 8.83. The molecule has 0 atom stereocenters. The van der Waals surface area contributed by atoms with E-state index in [2.05, 4.69) is 15.4 Å². The van der Waals surface area contributed by atoms with Gasteiger partial charge in [0, 0.05) is 5.56 Å². The summed E-state index contributed by atoms with van der Waals surface area (Å²) in [7, 11) is -3.49. The summed E-state index contributed by atoms with van der Waals surface area (Å²) in [6.07, 6.45) is 2.56. The quantitative estimate of drug-likeness (QED) is 0.535. The first-order chi connectivity index (χ1) is 14.2. The van der Waals surface area contributed by atoms with Crippen molar-refractivity contribution in [3.8, 4) is 0 Å². The molecule has 0 aliphatic rings. The number of benzene rings is 2. The van der Waals surface area contributed by atoms with Crippen molar-refractivity contribution in [1.82, 2.24) is 5.32 Å². The first-order valence-electron chi connectivity index (χ1n) is 9.03. The number of para-hydroxylation sites is 1. The molecule has 0 aliphatic carbocycles. The molecule has 3 rings (SSSR count). The molecule has 1 heterocycles. The molecule has 0 radical (unpaired) electrons. The van der Waals surface area contributed by atoms with E-state index in [-0.39, 0.29) is 18.0 Å². The van der Waals surface area contributed by atoms with Crippen LogP contribution in [0.2, 0.25) is 0 Å². The van der Waals surface area contributed by atoms with Crippen molar-refractivity contribution < 1.29 is 22.4 Å². The third-order valence-corrected chi connectivity index (χ3v) is 4.89. The Kier molecular flexibility index (Phi) is 6.22. The van der Waals surface area contributed by atoms with Crippen LogP contribution in [-0.2, 0) is 16.6 Å². The van der Waals surface area contributed by atoms with Crippen LogP contribution in [-0.4, -0.2) is 26.5 Å². The third-order valence-electron chi connectivity index (χ3n) is 4.30. The highest BCUT2D eigenvalue weighted by molar-refractivity contribution is 7.92. The summed E-state index contributed by atoms with van der Waals surface area (Å²) in [5.74, 6) is -0.224. The van der Waals surface area contributed by atoms with E-state index in [1.54, 1.807) is 61.5 Å². The van der Waals surface area contributed by atoms with Gasteiger partial charge in [-0.1, -0.05) is 18.2 Å². The molecule has 3 aromatic rings. The van der Waals surface area contributed by atoms with Gasteiger partial charge in [-0.2, -0.15) is 0 Å². The van der Waals surface area contributed by atoms with E-state index in [1.807, 2.05) is 0 Å². The Morgan fingerprint density at radius 1 is 0.900 bits per heavy atom. The smallest absolute Gasteiger partial charge is 0.256 e. The lowest BCUT2D eigenvalue weighted by atomic mass is 10.1. The van der Waals surface area contributed by atoms with Crippen LogP contribution in [0.3, 0.4) is 0 Å². The van der Waals surface area contributed by atoms with Crippen LogP contribution in [0, 0.1) is 6.92 Å². The second-order valence-corrected chi connectivity index (χ2v) is 8.36. The number of hydrogen-bond donors (Lipinski definition) is 3. The summed E-state index contributed by atoms with van der Waals surface area (Å²) >= 11 is 0. The summed E-state index contributed by atoms with van der Waals surface area (Å²) in [6, 6.07) is 14.8. The van der Waals surface area contributed by atoms with Gasteiger partial charge in [0.2, 0.25) is 10.0 Å². The lowest BCUT2D eigenvalue weighted by Crippen LogP contribution is -2.25. The lowest BCUT2D eigenvalue weighted by molar-refractivity contribution is 0.0949. The van der Waals surface area contributed by atoms with Crippen LogP contribution in [0.4, 0.5) is 11.4 Å². The molecule has 0 unspecified atom stereocenters. The first kappa shape index (κ1) is 21.1. The van der Waals surface area contributed by atoms with Crippen molar-refractivity contribution >= 4 is 33.2 Å². The van der Waals surface area contributed by atoms with E-state index in [0.717, 1.165) is 6.26 Å². The molecule has 9 heteroatoms. The van der Waals surface area contributed by atoms with E-state index in [9.17, 15) is 18.0 Å². The zero-order valence-corrected chi connectivity index (χ0v) is 17.2. The van der Waals surface area contributed by atoms with E-state index in [0.29, 0.717) is 28.3 Å². The van der Waals surface area contributed by atoms with E-state index in [1.165, 1.54) is 6.26 Å². The number of carbonyl (C=O) groups excluding carboxylic acids is 2. The third kappa shape index (κ3) is 5.26. The molecule has 8 nitrogen and oxygen atoms in total. The van der Waals surface area contributed by atoms with Gasteiger partial charge in [-0.25, -0.2) is 8.42 Å². The highest BCUT2D eigenvalue weighted by Crippen LogP contribution is 2.22. The van der Waals surface area contributed by atoms with Crippen LogP contribution in [0.5, 0.6) is 0 Å². The number of anilines is 2. The predicted molar refractivity (Wildman–Crippen MR) is 114 cm³/mol. The molecule has 0 saturated carbocycles. The molecular formula is C21H21N3O5S. The molecule has 156 valence electrons. The standard InChI is InChI=1S/C21H21N3O5S/c1-14-16(9-5-11-18(14)24-30(2,27)28)21(26)23-19-10-4-3-8-17(19)20(25)22-13-15-7-6-12-29-15/h3-12,24H,13H2,1-2H3,(H,22,25)(H,23,26). The summed E-state index contributed by atoms with van der Waals surface area (Å²) in [4.78, 5) is 25.4. The molecule has 0 aliphatic heterocycles. The highest BCUT2D eigenvalue weighted by atomic mass is 32.2. The maximum absolute atomic E-state index is 12.8. The largest absolute Gasteiger partial charge is 0.467 e. The van der Waals surface area contributed by atoms with Crippen molar-refractivity contribution in [3.63, 3.8) is 0 Å². The minimum absolute atomic E-state index is 0.215. The fourth-order valence-electron chi connectivity index (χ4n) is 2.85. The molecule has 2 amide bonds. The number of furan rings is 1. The molecule has 0 spiro atoms. The van der Waals surface area contributed by atoms with Gasteiger partial charge < -0.3 is 15.1 Å². The van der Waals surface area contributed by atoms with E-state index >= 15 is 0 Å². The van der Waals surface area contributed by atoms with Gasteiger partial charge in [-0.15, -0.1) is 0 Å². The van der Waals surface area contributed by atoms with Crippen LogP contribution in [0.15, 0.2) is 65.3 Å². The van der Waals surface area contributed by atoms with Crippen molar-refractivity contribution in [2.75, 3.05) is 16.3 Å². The van der Waals surface area contributed by atoms with Crippen LogP contribution < -0.4 is 15.4 Å². The summed E-state index contributed by atoms with van der Waals surface area (Å²) in [6.45, 7) is 1.86. The molecule has 30 heavy (non-hydrogen) atoms. The van der Waals surface area contributed by atoms with Gasteiger partial charge in [0.25, 0.3) is 11.8 Å². The Labute approximate surface area is 174 Å². The molecule has 0 saturated heterocycles. The Morgan fingerprint density at radius 3 is 2.30 bits per heavy atom. The van der Waals surface area contributed by atoms with Gasteiger partial charge in [0.05, 0.1) is 36.0 Å². The minimum atomic E-state index is -3.49. The normalized spacial score (nSPS) is 11.0. The fourth-order valence-corrected chi connectivity index (χ4v) is 3.47. The van der Waals surface area contributed by atoms with Gasteiger partial charge in [-0.05, 0) is 48.9 Å². The summed E-state index contributed by atoms with van der Waals surface area (Å²) in [5.41, 5.74) is 1.70. The van der Waals surface area contributed by atoms with Crippen LogP contribution in [0.1, 0.15) is 32.0 Å². The molecule has 0 fully saturated rings. The molecule has 2 aromatic carbocycles. The Bertz CT molecular complexity index is 1170. The fraction of sp³-hybridized carbons (Fsp3) is 0.143. The van der Waals surface area contributed by atoms with Crippen molar-refractivity contribution in [2.24, 2.45) is 0 Å². The number of amides is 2. The van der Waals surface area contributed by atoms with Gasteiger partial charge in [0.15, 0.2) is 0 Å². The monoisotopic (exact) mass is 427 g/mol. The van der Waals surface area contributed by atoms with Gasteiger partial charge in [-0.3, -0.25) is 14.3 Å². The number of nitrogens with one attached hydrogen (secondary N) is 3. The number of sulfonamides is 1. The first-order valence-corrected chi connectivity index (χ1v) is 10.9. The van der Waals surface area contributed by atoms with Crippen molar-refractivity contribution in [1.29, 1.82) is 0 Å². The topological polar surface area (TPSA) is 118 Å². The second-order valence-electron chi connectivity index (χ2n) is 6.61. The summed E-state index contributed by atoms with van der Waals surface area (Å²) in [5, 5.41) is 5.47. The summed E-state index contributed by atoms with van der Waals surface area (Å²) < 4.78 is 30.6. The maximum Gasteiger partial charge on any atom is 0.256 e. The molecule has 1 aromatic heterocycles. The Morgan fingerprint density at radius 2 is 1.60 bits per heavy atom. The number of rotatable bonds is 7. The lowest BCUT2D eigenvalue weighted by Gasteiger charge is -2.14. The van der Waals surface area contributed by atoms with E-state index in [4.69, 9.17) is 4.42 Å². The van der Waals surface area contributed by atoms with Crippen molar-refractivity contribution in [2.45, 2.75) is 13.5 Å². The average molecular weight is 427 g/mol. The minimum Gasteiger partial charge on any atom is -0.467 e. The van der Waals surface area contributed by atoms with Crippen LogP contribution in [0.25, 0.3) is 0 Å².